The highest BCUT2D eigenvalue weighted by molar-refractivity contribution is 9.10. The van der Waals surface area contributed by atoms with Crippen molar-refractivity contribution in [1.82, 2.24) is 0 Å². The molecule has 3 nitrogen and oxygen atoms in total. The van der Waals surface area contributed by atoms with Gasteiger partial charge in [0.1, 0.15) is 4.83 Å². The Morgan fingerprint density at radius 2 is 1.74 bits per heavy atom. The molecule has 0 radical (unpaired) electrons. The average Bonchev–Trinajstić information content (AvgIpc) is 3.20. The number of rotatable bonds is 7. The Morgan fingerprint density at radius 1 is 1.03 bits per heavy atom. The molecule has 4 aliphatic rings. The van der Waals surface area contributed by atoms with Crippen molar-refractivity contribution in [3.05, 3.63) is 35.9 Å². The van der Waals surface area contributed by atoms with E-state index in [-0.39, 0.29) is 0 Å². The molecule has 0 aliphatic heterocycles. The van der Waals surface area contributed by atoms with E-state index in [9.17, 15) is 9.90 Å². The lowest BCUT2D eigenvalue weighted by atomic mass is 9.44. The van der Waals surface area contributed by atoms with Crippen molar-refractivity contribution in [1.29, 1.82) is 0 Å². The van der Waals surface area contributed by atoms with E-state index in [2.05, 4.69) is 67.0 Å². The van der Waals surface area contributed by atoms with E-state index in [1.54, 1.807) is 0 Å². The third-order valence-corrected chi connectivity index (χ3v) is 12.3. The van der Waals surface area contributed by atoms with Gasteiger partial charge in [0, 0.05) is 0 Å². The van der Waals surface area contributed by atoms with Gasteiger partial charge in [0.25, 0.3) is 0 Å². The molecule has 0 heterocycles. The Bertz CT molecular complexity index is 888. The van der Waals surface area contributed by atoms with Gasteiger partial charge in [0.2, 0.25) is 0 Å². The summed E-state index contributed by atoms with van der Waals surface area (Å²) in [5, 5.41) is 9.42. The van der Waals surface area contributed by atoms with Crippen LogP contribution in [0.4, 0.5) is 0 Å². The predicted octanol–water partition coefficient (Wildman–Crippen LogP) is 8.11. The van der Waals surface area contributed by atoms with Gasteiger partial charge in [-0.3, -0.25) is 4.79 Å². The zero-order valence-corrected chi connectivity index (χ0v) is 23.5. The first-order valence-corrected chi connectivity index (χ1v) is 15.2. The average molecular weight is 546 g/mol. The molecule has 5 rings (SSSR count). The number of hydrogen-bond donors (Lipinski definition) is 1. The summed E-state index contributed by atoms with van der Waals surface area (Å²) in [5.41, 5.74) is 2.16. The van der Waals surface area contributed by atoms with Gasteiger partial charge in [-0.15, -0.1) is 0 Å². The Morgan fingerprint density at radius 3 is 2.49 bits per heavy atom. The van der Waals surface area contributed by atoms with E-state index in [1.807, 2.05) is 0 Å². The van der Waals surface area contributed by atoms with Crippen LogP contribution < -0.4 is 0 Å². The van der Waals surface area contributed by atoms with Gasteiger partial charge < -0.3 is 9.84 Å². The van der Waals surface area contributed by atoms with Crippen molar-refractivity contribution in [3.63, 3.8) is 0 Å². The zero-order chi connectivity index (χ0) is 24.8. The van der Waals surface area contributed by atoms with Gasteiger partial charge in [-0.2, -0.15) is 0 Å². The number of benzene rings is 1. The lowest BCUT2D eigenvalue weighted by molar-refractivity contribution is -0.139. The first kappa shape index (κ1) is 25.8. The third-order valence-electron chi connectivity index (χ3n) is 11.6. The molecule has 0 amide bonds. The van der Waals surface area contributed by atoms with E-state index < -0.39 is 10.8 Å². The van der Waals surface area contributed by atoms with Crippen LogP contribution in [-0.4, -0.2) is 22.0 Å². The molecule has 4 saturated carbocycles. The molecule has 35 heavy (non-hydrogen) atoms. The summed E-state index contributed by atoms with van der Waals surface area (Å²) in [6.45, 7) is 8.28. The number of hydrogen-bond acceptors (Lipinski definition) is 2. The summed E-state index contributed by atoms with van der Waals surface area (Å²) >= 11 is 3.42. The lowest BCUT2D eigenvalue weighted by Crippen LogP contribution is -2.54. The van der Waals surface area contributed by atoms with Crippen LogP contribution in [0.25, 0.3) is 0 Å². The highest BCUT2D eigenvalue weighted by Crippen LogP contribution is 2.68. The van der Waals surface area contributed by atoms with Crippen molar-refractivity contribution in [2.75, 3.05) is 0 Å². The smallest absolute Gasteiger partial charge is 0.317 e. The molecule has 1 aromatic rings. The summed E-state index contributed by atoms with van der Waals surface area (Å²) in [5.74, 6) is 3.79. The molecule has 4 aliphatic carbocycles. The molecular formula is C31H45BrO3. The highest BCUT2D eigenvalue weighted by atomic mass is 79.9. The van der Waals surface area contributed by atoms with Crippen LogP contribution in [0.5, 0.6) is 0 Å². The third kappa shape index (κ3) is 4.76. The fourth-order valence-corrected chi connectivity index (χ4v) is 10.3. The molecule has 0 saturated heterocycles. The molecule has 0 bridgehead atoms. The first-order chi connectivity index (χ1) is 16.7. The maximum Gasteiger partial charge on any atom is 0.317 e. The summed E-state index contributed by atoms with van der Waals surface area (Å²) in [7, 11) is 0. The molecule has 4 heteroatoms. The topological polar surface area (TPSA) is 46.5 Å². The van der Waals surface area contributed by atoms with Gasteiger partial charge in [0.15, 0.2) is 0 Å². The van der Waals surface area contributed by atoms with Gasteiger partial charge in [-0.1, -0.05) is 67.0 Å². The van der Waals surface area contributed by atoms with Gasteiger partial charge in [0.05, 0.1) is 12.7 Å². The second kappa shape index (κ2) is 10.1. The minimum absolute atomic E-state index is 0.394. The van der Waals surface area contributed by atoms with Crippen LogP contribution in [0, 0.1) is 46.3 Å². The van der Waals surface area contributed by atoms with Crippen molar-refractivity contribution < 1.29 is 14.6 Å². The van der Waals surface area contributed by atoms with Crippen LogP contribution in [0.15, 0.2) is 30.3 Å². The Hall–Kier alpha value is -0.870. The van der Waals surface area contributed by atoms with Crippen LogP contribution >= 0.6 is 15.9 Å². The number of carboxylic acid groups (broad SMARTS) is 1. The Balaban J connectivity index is 1.23. The molecule has 1 N–H and O–H groups in total. The number of halogens is 1. The first-order valence-electron chi connectivity index (χ1n) is 14.2. The lowest BCUT2D eigenvalue weighted by Gasteiger charge is -2.61. The molecule has 0 spiro atoms. The quantitative estimate of drug-likeness (QED) is 0.352. The largest absolute Gasteiger partial charge is 0.480 e. The summed E-state index contributed by atoms with van der Waals surface area (Å²) in [6, 6.07) is 10.6. The molecule has 0 aromatic heterocycles. The van der Waals surface area contributed by atoms with E-state index >= 15 is 0 Å². The van der Waals surface area contributed by atoms with Crippen LogP contribution in [0.3, 0.4) is 0 Å². The van der Waals surface area contributed by atoms with E-state index in [1.165, 1.54) is 63.4 Å². The summed E-state index contributed by atoms with van der Waals surface area (Å²) in [6.07, 6.45) is 13.1. The number of ether oxygens (including phenoxy) is 1. The number of carbonyl (C=O) groups is 1. The van der Waals surface area contributed by atoms with Gasteiger partial charge in [-0.05, 0) is 116 Å². The van der Waals surface area contributed by atoms with E-state index in [4.69, 9.17) is 4.74 Å². The molecule has 10 atom stereocenters. The van der Waals surface area contributed by atoms with Gasteiger partial charge >= 0.3 is 5.97 Å². The minimum Gasteiger partial charge on any atom is -0.480 e. The number of carboxylic acids is 1. The highest BCUT2D eigenvalue weighted by Gasteiger charge is 2.60. The number of alkyl halides is 1. The number of aliphatic carboxylic acids is 1. The summed E-state index contributed by atoms with van der Waals surface area (Å²) in [4.78, 5) is 11.0. The Kier molecular flexibility index (Phi) is 7.45. The van der Waals surface area contributed by atoms with Crippen molar-refractivity contribution in [2.24, 2.45) is 46.3 Å². The normalized spacial score (nSPS) is 42.4. The summed E-state index contributed by atoms with van der Waals surface area (Å²) < 4.78 is 6.43. The fraction of sp³-hybridized carbons (Fsp3) is 0.774. The molecule has 194 valence electrons. The zero-order valence-electron chi connectivity index (χ0n) is 21.9. The van der Waals surface area contributed by atoms with Crippen molar-refractivity contribution in [3.8, 4) is 0 Å². The monoisotopic (exact) mass is 544 g/mol. The Labute approximate surface area is 220 Å². The predicted molar refractivity (Wildman–Crippen MR) is 144 cm³/mol. The SMILES string of the molecule is C[C@H](CC(Br)C(=O)O)[C@H]1CC[C@H]2[C@@H]3CC[C@@H]4C[C@H](OCc5ccccc5)CC[C@]4(C)[C@H]3CC[C@]12C. The van der Waals surface area contributed by atoms with Crippen LogP contribution in [0.1, 0.15) is 90.5 Å². The molecule has 1 aromatic carbocycles. The number of fused-ring (bicyclic) bond motifs is 5. The van der Waals surface area contributed by atoms with Crippen molar-refractivity contribution in [2.45, 2.75) is 103 Å². The van der Waals surface area contributed by atoms with E-state index in [0.29, 0.717) is 28.8 Å². The second-order valence-corrected chi connectivity index (χ2v) is 14.2. The molecular weight excluding hydrogens is 500 g/mol. The van der Waals surface area contributed by atoms with Crippen LogP contribution in [-0.2, 0) is 16.1 Å². The minimum atomic E-state index is -0.713. The standard InChI is InChI=1S/C31H45BrO3/c1-20(17-28(32)29(33)34)25-11-12-26-24-10-9-22-18-23(35-19-21-7-5-4-6-8-21)13-15-30(22,2)27(24)14-16-31(25,26)3/h4-8,20,22-28H,9-19H2,1-3H3,(H,33,34)/t20-,22-,23-,24+,25-,26+,27+,28?,30+,31-/m1/s1. The van der Waals surface area contributed by atoms with Crippen LogP contribution in [0.2, 0.25) is 0 Å². The maximum absolute atomic E-state index is 11.4. The molecule has 1 unspecified atom stereocenters. The van der Waals surface area contributed by atoms with Crippen molar-refractivity contribution >= 4 is 21.9 Å². The molecule has 4 fully saturated rings. The fourth-order valence-electron chi connectivity index (χ4n) is 9.73. The maximum atomic E-state index is 11.4. The van der Waals surface area contributed by atoms with Gasteiger partial charge in [-0.25, -0.2) is 0 Å². The van der Waals surface area contributed by atoms with E-state index in [0.717, 1.165) is 36.7 Å². The second-order valence-electron chi connectivity index (χ2n) is 13.1.